The third-order valence-electron chi connectivity index (χ3n) is 5.16. The van der Waals surface area contributed by atoms with E-state index in [-0.39, 0.29) is 0 Å². The molecule has 1 aliphatic heterocycles. The van der Waals surface area contributed by atoms with E-state index in [1.807, 2.05) is 0 Å². The molecule has 0 atom stereocenters. The number of hydrogen-bond donors (Lipinski definition) is 0. The third-order valence-corrected chi connectivity index (χ3v) is 5.16. The molecular weight excluding hydrogens is 294 g/mol. The topological polar surface area (TPSA) is 21.1 Å². The van der Waals surface area contributed by atoms with Gasteiger partial charge in [0.05, 0.1) is 17.6 Å². The minimum Gasteiger partial charge on any atom is -0.322 e. The second kappa shape index (κ2) is 6.78. The Morgan fingerprint density at radius 2 is 1.62 bits per heavy atom. The lowest BCUT2D eigenvalue weighted by Gasteiger charge is -2.30. The summed E-state index contributed by atoms with van der Waals surface area (Å²) in [5, 5.41) is 0. The highest BCUT2D eigenvalue weighted by molar-refractivity contribution is 5.76. The fraction of sp³-hybridized carbons (Fsp3) is 0.381. The zero-order chi connectivity index (χ0) is 16.4. The molecule has 1 aliphatic rings. The van der Waals surface area contributed by atoms with Crippen LogP contribution < -0.4 is 0 Å². The van der Waals surface area contributed by atoms with Crippen molar-refractivity contribution in [3.05, 3.63) is 66.0 Å². The Hall–Kier alpha value is -2.13. The van der Waals surface area contributed by atoms with Crippen molar-refractivity contribution in [1.82, 2.24) is 14.5 Å². The van der Waals surface area contributed by atoms with E-state index in [1.165, 1.54) is 42.8 Å². The first-order valence-corrected chi connectivity index (χ1v) is 9.00. The maximum Gasteiger partial charge on any atom is 0.124 e. The number of hydrogen-bond acceptors (Lipinski definition) is 2. The molecule has 3 nitrogen and oxygen atoms in total. The van der Waals surface area contributed by atoms with Crippen molar-refractivity contribution in [2.75, 3.05) is 13.1 Å². The van der Waals surface area contributed by atoms with Gasteiger partial charge in [-0.3, -0.25) is 4.90 Å². The van der Waals surface area contributed by atoms with E-state index in [9.17, 15) is 0 Å². The van der Waals surface area contributed by atoms with Gasteiger partial charge in [0.15, 0.2) is 0 Å². The summed E-state index contributed by atoms with van der Waals surface area (Å²) in [4.78, 5) is 7.50. The lowest BCUT2D eigenvalue weighted by Crippen LogP contribution is -2.33. The van der Waals surface area contributed by atoms with Crippen molar-refractivity contribution in [1.29, 1.82) is 0 Å². The molecule has 0 radical (unpaired) electrons. The molecule has 2 aromatic carbocycles. The molecule has 4 rings (SSSR count). The van der Waals surface area contributed by atoms with Crippen LogP contribution in [0.25, 0.3) is 11.0 Å². The molecule has 0 amide bonds. The molecule has 1 aromatic heterocycles. The van der Waals surface area contributed by atoms with Crippen LogP contribution >= 0.6 is 0 Å². The second-order valence-electron chi connectivity index (χ2n) is 7.05. The molecular formula is C21H25N3. The molecule has 0 saturated carbocycles. The summed E-state index contributed by atoms with van der Waals surface area (Å²) in [6.07, 6.45) is 2.61. The number of para-hydroxylation sites is 2. The number of imidazole rings is 1. The van der Waals surface area contributed by atoms with Crippen molar-refractivity contribution < 1.29 is 0 Å². The quantitative estimate of drug-likeness (QED) is 0.714. The average molecular weight is 319 g/mol. The lowest BCUT2D eigenvalue weighted by atomic mass is 9.99. The van der Waals surface area contributed by atoms with E-state index in [4.69, 9.17) is 4.98 Å². The van der Waals surface area contributed by atoms with Crippen LogP contribution in [0.3, 0.4) is 0 Å². The van der Waals surface area contributed by atoms with Gasteiger partial charge in [-0.15, -0.1) is 0 Å². The first-order valence-electron chi connectivity index (χ1n) is 9.00. The summed E-state index contributed by atoms with van der Waals surface area (Å²) < 4.78 is 2.39. The molecule has 0 N–H and O–H groups in total. The van der Waals surface area contributed by atoms with Crippen molar-refractivity contribution in [3.63, 3.8) is 0 Å². The van der Waals surface area contributed by atoms with E-state index < -0.39 is 0 Å². The summed E-state index contributed by atoms with van der Waals surface area (Å²) in [5.41, 5.74) is 3.67. The van der Waals surface area contributed by atoms with Crippen LogP contribution in [0.5, 0.6) is 0 Å². The van der Waals surface area contributed by atoms with Crippen LogP contribution in [0.2, 0.25) is 0 Å². The van der Waals surface area contributed by atoms with Gasteiger partial charge in [-0.25, -0.2) is 4.98 Å². The number of aromatic nitrogens is 2. The maximum atomic E-state index is 4.94. The number of fused-ring (bicyclic) bond motifs is 1. The van der Waals surface area contributed by atoms with Gasteiger partial charge in [-0.05, 0) is 49.5 Å². The monoisotopic (exact) mass is 319 g/mol. The van der Waals surface area contributed by atoms with Gasteiger partial charge in [0.1, 0.15) is 5.82 Å². The van der Waals surface area contributed by atoms with Crippen LogP contribution in [0.15, 0.2) is 54.6 Å². The zero-order valence-corrected chi connectivity index (χ0v) is 14.4. The molecule has 0 unspecified atom stereocenters. The smallest absolute Gasteiger partial charge is 0.124 e. The molecule has 1 fully saturated rings. The number of nitrogens with zero attached hydrogens (tertiary/aromatic N) is 3. The third kappa shape index (κ3) is 3.22. The predicted octanol–water partition coefficient (Wildman–Crippen LogP) is 4.32. The van der Waals surface area contributed by atoms with Crippen molar-refractivity contribution in [3.8, 4) is 0 Å². The van der Waals surface area contributed by atoms with E-state index in [1.54, 1.807) is 0 Å². The molecule has 2 heterocycles. The van der Waals surface area contributed by atoms with Crippen molar-refractivity contribution in [2.24, 2.45) is 5.92 Å². The van der Waals surface area contributed by atoms with Gasteiger partial charge in [-0.2, -0.15) is 0 Å². The Morgan fingerprint density at radius 1 is 0.917 bits per heavy atom. The summed E-state index contributed by atoms with van der Waals surface area (Å²) in [7, 11) is 0. The summed E-state index contributed by atoms with van der Waals surface area (Å²) in [6.45, 7) is 6.59. The molecule has 24 heavy (non-hydrogen) atoms. The first-order chi connectivity index (χ1) is 11.8. The van der Waals surface area contributed by atoms with Crippen LogP contribution in [0, 0.1) is 5.92 Å². The average Bonchev–Trinajstić information content (AvgIpc) is 2.95. The standard InChI is InChI=1S/C21H25N3/c1-17-11-13-23(14-12-17)16-21-22-19-9-5-6-10-20(19)24(21)15-18-7-3-2-4-8-18/h2-10,17H,11-16H2,1H3. The predicted molar refractivity (Wildman–Crippen MR) is 99.0 cm³/mol. The number of likely N-dealkylation sites (tertiary alicyclic amines) is 1. The fourth-order valence-corrected chi connectivity index (χ4v) is 3.61. The van der Waals surface area contributed by atoms with Crippen LogP contribution in [-0.4, -0.2) is 27.5 Å². The Labute approximate surface area is 143 Å². The molecule has 3 aromatic rings. The molecule has 3 heteroatoms. The lowest BCUT2D eigenvalue weighted by molar-refractivity contribution is 0.180. The number of benzene rings is 2. The minimum absolute atomic E-state index is 0.865. The highest BCUT2D eigenvalue weighted by Crippen LogP contribution is 2.22. The van der Waals surface area contributed by atoms with E-state index >= 15 is 0 Å². The Kier molecular flexibility index (Phi) is 4.35. The molecule has 0 bridgehead atoms. The Balaban J connectivity index is 1.65. The fourth-order valence-electron chi connectivity index (χ4n) is 3.61. The van der Waals surface area contributed by atoms with Crippen LogP contribution in [-0.2, 0) is 13.1 Å². The van der Waals surface area contributed by atoms with Crippen molar-refractivity contribution >= 4 is 11.0 Å². The Morgan fingerprint density at radius 3 is 2.42 bits per heavy atom. The minimum atomic E-state index is 0.865. The van der Waals surface area contributed by atoms with Crippen LogP contribution in [0.4, 0.5) is 0 Å². The van der Waals surface area contributed by atoms with E-state index in [0.29, 0.717) is 0 Å². The molecule has 124 valence electrons. The van der Waals surface area contributed by atoms with Gasteiger partial charge < -0.3 is 4.57 Å². The summed E-state index contributed by atoms with van der Waals surface area (Å²) >= 11 is 0. The largest absolute Gasteiger partial charge is 0.322 e. The van der Waals surface area contributed by atoms with Gasteiger partial charge in [-0.1, -0.05) is 49.4 Å². The normalized spacial score (nSPS) is 16.7. The second-order valence-corrected chi connectivity index (χ2v) is 7.05. The van der Waals surface area contributed by atoms with Gasteiger partial charge in [0.25, 0.3) is 0 Å². The van der Waals surface area contributed by atoms with Crippen molar-refractivity contribution in [2.45, 2.75) is 32.9 Å². The van der Waals surface area contributed by atoms with Gasteiger partial charge in [0.2, 0.25) is 0 Å². The summed E-state index contributed by atoms with van der Waals surface area (Å²) in [6, 6.07) is 19.2. The maximum absolute atomic E-state index is 4.94. The zero-order valence-electron chi connectivity index (χ0n) is 14.4. The number of piperidine rings is 1. The molecule has 0 spiro atoms. The number of rotatable bonds is 4. The molecule has 0 aliphatic carbocycles. The highest BCUT2D eigenvalue weighted by Gasteiger charge is 2.19. The Bertz CT molecular complexity index is 798. The van der Waals surface area contributed by atoms with E-state index in [0.717, 1.165) is 24.5 Å². The van der Waals surface area contributed by atoms with Gasteiger partial charge >= 0.3 is 0 Å². The summed E-state index contributed by atoms with van der Waals surface area (Å²) in [5.74, 6) is 2.05. The first kappa shape index (κ1) is 15.4. The van der Waals surface area contributed by atoms with Crippen LogP contribution in [0.1, 0.15) is 31.2 Å². The van der Waals surface area contributed by atoms with Gasteiger partial charge in [0, 0.05) is 6.54 Å². The van der Waals surface area contributed by atoms with E-state index in [2.05, 4.69) is 71.0 Å². The SMILES string of the molecule is CC1CCN(Cc2nc3ccccc3n2Cc2ccccc2)CC1. The molecule has 1 saturated heterocycles. The highest BCUT2D eigenvalue weighted by atomic mass is 15.2.